The van der Waals surface area contributed by atoms with E-state index in [4.69, 9.17) is 0 Å². The van der Waals surface area contributed by atoms with E-state index in [9.17, 15) is 15.0 Å². The van der Waals surface area contributed by atoms with E-state index in [-0.39, 0.29) is 0 Å². The van der Waals surface area contributed by atoms with Crippen LogP contribution < -0.4 is 0 Å². The van der Waals surface area contributed by atoms with Crippen LogP contribution in [0.1, 0.15) is 29.8 Å². The van der Waals surface area contributed by atoms with Gasteiger partial charge >= 0.3 is 5.97 Å². The molecule has 17 heavy (non-hydrogen) atoms. The zero-order chi connectivity index (χ0) is 12.4. The van der Waals surface area contributed by atoms with Gasteiger partial charge in [0, 0.05) is 18.0 Å². The summed E-state index contributed by atoms with van der Waals surface area (Å²) in [6.07, 6.45) is 1.09. The molecule has 0 aliphatic carbocycles. The first-order valence-electron chi connectivity index (χ1n) is 5.84. The van der Waals surface area contributed by atoms with Crippen LogP contribution in [0.15, 0.2) is 11.4 Å². The first-order valence-corrected chi connectivity index (χ1v) is 6.72. The lowest BCUT2D eigenvalue weighted by molar-refractivity contribution is -0.144. The van der Waals surface area contributed by atoms with Gasteiger partial charge in [0.2, 0.25) is 0 Å². The minimum absolute atomic E-state index is 0.433. The van der Waals surface area contributed by atoms with Gasteiger partial charge in [-0.25, -0.2) is 0 Å². The monoisotopic (exact) mass is 255 g/mol. The van der Waals surface area contributed by atoms with Crippen molar-refractivity contribution in [2.24, 2.45) is 0 Å². The van der Waals surface area contributed by atoms with Crippen LogP contribution in [0, 0.1) is 0 Å². The van der Waals surface area contributed by atoms with Crippen LogP contribution in [0.4, 0.5) is 0 Å². The molecule has 2 atom stereocenters. The maximum absolute atomic E-state index is 11.4. The Labute approximate surface area is 104 Å². The molecule has 0 spiro atoms. The molecule has 2 N–H and O–H groups in total. The van der Waals surface area contributed by atoms with Crippen LogP contribution >= 0.6 is 11.3 Å². The molecule has 1 aromatic rings. The first-order chi connectivity index (χ1) is 8.13. The lowest BCUT2D eigenvalue weighted by Crippen LogP contribution is -2.42. The first kappa shape index (κ1) is 12.5. The van der Waals surface area contributed by atoms with E-state index < -0.39 is 18.1 Å². The molecule has 1 aliphatic heterocycles. The lowest BCUT2D eigenvalue weighted by Gasteiger charge is -2.34. The van der Waals surface area contributed by atoms with Crippen LogP contribution in [0.3, 0.4) is 0 Å². The van der Waals surface area contributed by atoms with Crippen LogP contribution in [0.2, 0.25) is 0 Å². The molecule has 94 valence electrons. The number of nitrogens with zero attached hydrogens (tertiary/aromatic N) is 1. The van der Waals surface area contributed by atoms with Crippen molar-refractivity contribution < 1.29 is 15.0 Å². The highest BCUT2D eigenvalue weighted by Crippen LogP contribution is 2.33. The smallest absolute Gasteiger partial charge is 0.325 e. The van der Waals surface area contributed by atoms with Crippen molar-refractivity contribution in [3.8, 4) is 0 Å². The van der Waals surface area contributed by atoms with Crippen LogP contribution in [0.25, 0.3) is 0 Å². The number of aliphatic hydroxyl groups excluding tert-OH is 1. The van der Waals surface area contributed by atoms with Crippen molar-refractivity contribution in [3.05, 3.63) is 21.9 Å². The minimum atomic E-state index is -0.826. The molecule has 0 saturated heterocycles. The number of carboxylic acid groups (broad SMARTS) is 1. The maximum atomic E-state index is 11.4. The van der Waals surface area contributed by atoms with Crippen LogP contribution in [-0.4, -0.2) is 40.3 Å². The number of fused-ring (bicyclic) bond motifs is 1. The molecule has 1 aliphatic rings. The standard InChI is InChI=1S/C12H17NO3S/c1-2-8(14)7-13-5-3-10-9(4-6-17-10)11(13)12(15)16/h4,6,8,11,14H,2-3,5,7H2,1H3,(H,15,16). The summed E-state index contributed by atoms with van der Waals surface area (Å²) in [4.78, 5) is 14.4. The second kappa shape index (κ2) is 5.16. The van der Waals surface area contributed by atoms with Crippen molar-refractivity contribution in [2.75, 3.05) is 13.1 Å². The average molecular weight is 255 g/mol. The Bertz CT molecular complexity index is 404. The van der Waals surface area contributed by atoms with E-state index in [2.05, 4.69) is 0 Å². The van der Waals surface area contributed by atoms with Crippen molar-refractivity contribution >= 4 is 17.3 Å². The quantitative estimate of drug-likeness (QED) is 0.856. The highest BCUT2D eigenvalue weighted by atomic mass is 32.1. The molecule has 0 fully saturated rings. The normalized spacial score (nSPS) is 22.1. The van der Waals surface area contributed by atoms with Gasteiger partial charge < -0.3 is 10.2 Å². The third kappa shape index (κ3) is 2.51. The van der Waals surface area contributed by atoms with E-state index in [1.54, 1.807) is 11.3 Å². The average Bonchev–Trinajstić information content (AvgIpc) is 2.75. The predicted molar refractivity (Wildman–Crippen MR) is 66.3 cm³/mol. The Hall–Kier alpha value is -0.910. The van der Waals surface area contributed by atoms with E-state index in [1.165, 1.54) is 4.88 Å². The highest BCUT2D eigenvalue weighted by Gasteiger charge is 2.34. The number of carboxylic acids is 1. The lowest BCUT2D eigenvalue weighted by atomic mass is 9.99. The third-order valence-electron chi connectivity index (χ3n) is 3.22. The van der Waals surface area contributed by atoms with E-state index >= 15 is 0 Å². The predicted octanol–water partition coefficient (Wildman–Crippen LogP) is 1.50. The van der Waals surface area contributed by atoms with E-state index in [0.717, 1.165) is 12.0 Å². The molecule has 0 aromatic carbocycles. The summed E-state index contributed by atoms with van der Waals surface area (Å²) >= 11 is 1.62. The van der Waals surface area contributed by atoms with Crippen LogP contribution in [-0.2, 0) is 11.2 Å². The molecule has 0 amide bonds. The number of hydrogen-bond donors (Lipinski definition) is 2. The zero-order valence-corrected chi connectivity index (χ0v) is 10.6. The van der Waals surface area contributed by atoms with Gasteiger partial charge in [0.15, 0.2) is 0 Å². The van der Waals surface area contributed by atoms with Crippen molar-refractivity contribution in [1.29, 1.82) is 0 Å². The van der Waals surface area contributed by atoms with Gasteiger partial charge in [0.25, 0.3) is 0 Å². The zero-order valence-electron chi connectivity index (χ0n) is 9.80. The third-order valence-corrected chi connectivity index (χ3v) is 4.21. The Balaban J connectivity index is 2.21. The number of aliphatic carboxylic acids is 1. The summed E-state index contributed by atoms with van der Waals surface area (Å²) in [5.41, 5.74) is 0.900. The molecule has 5 heteroatoms. The highest BCUT2D eigenvalue weighted by molar-refractivity contribution is 7.10. The van der Waals surface area contributed by atoms with Gasteiger partial charge in [0.1, 0.15) is 6.04 Å². The van der Waals surface area contributed by atoms with Crippen LogP contribution in [0.5, 0.6) is 0 Å². The largest absolute Gasteiger partial charge is 0.480 e. The van der Waals surface area contributed by atoms with Gasteiger partial charge in [-0.15, -0.1) is 11.3 Å². The van der Waals surface area contributed by atoms with Crippen molar-refractivity contribution in [2.45, 2.75) is 31.9 Å². The fraction of sp³-hybridized carbons (Fsp3) is 0.583. The summed E-state index contributed by atoms with van der Waals surface area (Å²) in [7, 11) is 0. The number of carbonyl (C=O) groups is 1. The molecule has 2 unspecified atom stereocenters. The molecule has 0 saturated carbocycles. The second-order valence-corrected chi connectivity index (χ2v) is 5.35. The number of thiophene rings is 1. The molecule has 2 heterocycles. The molecule has 4 nitrogen and oxygen atoms in total. The summed E-state index contributed by atoms with van der Waals surface area (Å²) < 4.78 is 0. The summed E-state index contributed by atoms with van der Waals surface area (Å²) in [5.74, 6) is -0.826. The number of hydrogen-bond acceptors (Lipinski definition) is 4. The van der Waals surface area contributed by atoms with E-state index in [0.29, 0.717) is 19.5 Å². The SMILES string of the molecule is CCC(O)CN1CCc2sccc2C1C(=O)O. The van der Waals surface area contributed by atoms with Gasteiger partial charge in [-0.2, -0.15) is 0 Å². The number of β-amino-alcohol motifs (C(OH)–C–C–N with tert-alkyl or cyclic N) is 1. The number of rotatable bonds is 4. The molecule has 0 bridgehead atoms. The maximum Gasteiger partial charge on any atom is 0.325 e. The summed E-state index contributed by atoms with van der Waals surface area (Å²) in [5, 5.41) is 21.0. The Kier molecular flexibility index (Phi) is 3.81. The summed E-state index contributed by atoms with van der Waals surface area (Å²) in [6, 6.07) is 1.30. The topological polar surface area (TPSA) is 60.8 Å². The molecule has 2 rings (SSSR count). The van der Waals surface area contributed by atoms with Crippen molar-refractivity contribution in [3.63, 3.8) is 0 Å². The van der Waals surface area contributed by atoms with Gasteiger partial charge in [0.05, 0.1) is 6.10 Å². The number of aliphatic hydroxyl groups is 1. The minimum Gasteiger partial charge on any atom is -0.480 e. The second-order valence-electron chi connectivity index (χ2n) is 4.35. The van der Waals surface area contributed by atoms with Gasteiger partial charge in [-0.05, 0) is 29.9 Å². The molecular weight excluding hydrogens is 238 g/mol. The van der Waals surface area contributed by atoms with E-state index in [1.807, 2.05) is 23.3 Å². The molecule has 1 aromatic heterocycles. The summed E-state index contributed by atoms with van der Waals surface area (Å²) in [6.45, 7) is 3.05. The van der Waals surface area contributed by atoms with Crippen molar-refractivity contribution in [1.82, 2.24) is 4.90 Å². The molecular formula is C12H17NO3S. The Morgan fingerprint density at radius 2 is 2.47 bits per heavy atom. The fourth-order valence-electron chi connectivity index (χ4n) is 2.25. The Morgan fingerprint density at radius 3 is 3.12 bits per heavy atom. The fourth-order valence-corrected chi connectivity index (χ4v) is 3.16. The Morgan fingerprint density at radius 1 is 1.71 bits per heavy atom. The molecule has 0 radical (unpaired) electrons. The van der Waals surface area contributed by atoms with Gasteiger partial charge in [-0.1, -0.05) is 6.92 Å². The van der Waals surface area contributed by atoms with Gasteiger partial charge in [-0.3, -0.25) is 9.69 Å².